The van der Waals surface area contributed by atoms with E-state index in [0.717, 1.165) is 23.5 Å². The highest BCUT2D eigenvalue weighted by molar-refractivity contribution is 7.18. The van der Waals surface area contributed by atoms with E-state index < -0.39 is 11.6 Å². The quantitative estimate of drug-likeness (QED) is 0.755. The predicted molar refractivity (Wildman–Crippen MR) is 50.3 cm³/mol. The summed E-state index contributed by atoms with van der Waals surface area (Å²) in [6.45, 7) is 0. The molecule has 2 aromatic rings. The zero-order valence-corrected chi connectivity index (χ0v) is 8.24. The van der Waals surface area contributed by atoms with Gasteiger partial charge in [0.1, 0.15) is 5.01 Å². The zero-order chi connectivity index (χ0) is 10.1. The summed E-state index contributed by atoms with van der Waals surface area (Å²) in [5.74, 6) is -1.79. The molecule has 1 aromatic carbocycles. The van der Waals surface area contributed by atoms with Crippen LogP contribution in [0.3, 0.4) is 0 Å². The Morgan fingerprint density at radius 2 is 1.93 bits per heavy atom. The van der Waals surface area contributed by atoms with Gasteiger partial charge >= 0.3 is 0 Å². The number of rotatable bonds is 1. The second-order valence-corrected chi connectivity index (χ2v) is 4.05. The van der Waals surface area contributed by atoms with Crippen molar-refractivity contribution in [1.29, 1.82) is 0 Å². The summed E-state index contributed by atoms with van der Waals surface area (Å²) in [6.07, 6.45) is 0. The lowest BCUT2D eigenvalue weighted by molar-refractivity contribution is 0.509. The van der Waals surface area contributed by atoms with E-state index >= 15 is 0 Å². The fourth-order valence-electron chi connectivity index (χ4n) is 0.951. The average Bonchev–Trinajstić information content (AvgIpc) is 2.57. The molecule has 0 saturated heterocycles. The molecule has 72 valence electrons. The largest absolute Gasteiger partial charge is 0.207 e. The molecule has 0 bridgehead atoms. The number of hydrogen-bond acceptors (Lipinski definition) is 3. The summed E-state index contributed by atoms with van der Waals surface area (Å²) in [7, 11) is 0. The van der Waals surface area contributed by atoms with Gasteiger partial charge in [0, 0.05) is 5.56 Å². The highest BCUT2D eigenvalue weighted by Gasteiger charge is 2.08. The van der Waals surface area contributed by atoms with Crippen LogP contribution in [0.25, 0.3) is 10.6 Å². The summed E-state index contributed by atoms with van der Waals surface area (Å²) in [5, 5.41) is 7.73. The third kappa shape index (κ3) is 1.73. The van der Waals surface area contributed by atoms with Crippen molar-refractivity contribution in [2.45, 2.75) is 0 Å². The van der Waals surface area contributed by atoms with Gasteiger partial charge in [0.15, 0.2) is 11.6 Å². The molecule has 0 aliphatic rings. The normalized spacial score (nSPS) is 10.5. The van der Waals surface area contributed by atoms with E-state index in [9.17, 15) is 8.78 Å². The number of hydrogen-bond donors (Lipinski definition) is 0. The van der Waals surface area contributed by atoms with Crippen LogP contribution < -0.4 is 0 Å². The van der Waals surface area contributed by atoms with E-state index in [1.807, 2.05) is 0 Å². The molecular formula is C8H3ClF2N2S. The Bertz CT molecular complexity index is 472. The van der Waals surface area contributed by atoms with Crippen LogP contribution in [0.1, 0.15) is 0 Å². The summed E-state index contributed by atoms with van der Waals surface area (Å²) in [5.41, 5.74) is 0.466. The molecule has 0 spiro atoms. The van der Waals surface area contributed by atoms with Crippen molar-refractivity contribution in [2.75, 3.05) is 0 Å². The highest BCUT2D eigenvalue weighted by Crippen LogP contribution is 2.26. The fraction of sp³-hybridized carbons (Fsp3) is 0. The first-order valence-corrected chi connectivity index (χ1v) is 4.80. The van der Waals surface area contributed by atoms with E-state index in [-0.39, 0.29) is 4.47 Å². The molecule has 1 aromatic heterocycles. The van der Waals surface area contributed by atoms with Crippen LogP contribution >= 0.6 is 22.9 Å². The maximum atomic E-state index is 12.8. The van der Waals surface area contributed by atoms with E-state index in [1.54, 1.807) is 0 Å². The minimum atomic E-state index is -0.908. The van der Waals surface area contributed by atoms with Gasteiger partial charge in [0.25, 0.3) is 0 Å². The van der Waals surface area contributed by atoms with Crippen molar-refractivity contribution in [3.8, 4) is 10.6 Å². The van der Waals surface area contributed by atoms with Crippen LogP contribution in [0.4, 0.5) is 8.78 Å². The standard InChI is InChI=1S/C8H3ClF2N2S/c9-8-13-12-7(14-8)4-1-2-5(10)6(11)3-4/h1-3H. The van der Waals surface area contributed by atoms with Crippen molar-refractivity contribution in [1.82, 2.24) is 10.2 Å². The van der Waals surface area contributed by atoms with Gasteiger partial charge in [0.2, 0.25) is 4.47 Å². The highest BCUT2D eigenvalue weighted by atomic mass is 35.5. The Labute approximate surface area is 87.2 Å². The summed E-state index contributed by atoms with van der Waals surface area (Å²) < 4.78 is 25.7. The fourth-order valence-corrected chi connectivity index (χ4v) is 1.78. The van der Waals surface area contributed by atoms with Crippen LogP contribution in [-0.2, 0) is 0 Å². The molecule has 2 rings (SSSR count). The molecule has 0 amide bonds. The first-order chi connectivity index (χ1) is 6.66. The molecule has 0 atom stereocenters. The molecule has 1 heterocycles. The van der Waals surface area contributed by atoms with Gasteiger partial charge in [-0.1, -0.05) is 11.3 Å². The minimum absolute atomic E-state index is 0.268. The average molecular weight is 233 g/mol. The monoisotopic (exact) mass is 232 g/mol. The molecule has 14 heavy (non-hydrogen) atoms. The number of nitrogens with zero attached hydrogens (tertiary/aromatic N) is 2. The van der Waals surface area contributed by atoms with Crippen LogP contribution in [0.5, 0.6) is 0 Å². The Morgan fingerprint density at radius 3 is 2.50 bits per heavy atom. The Hall–Kier alpha value is -1.07. The molecule has 0 saturated carbocycles. The Balaban J connectivity index is 2.47. The van der Waals surface area contributed by atoms with Crippen molar-refractivity contribution in [3.05, 3.63) is 34.3 Å². The van der Waals surface area contributed by atoms with Crippen molar-refractivity contribution < 1.29 is 8.78 Å². The van der Waals surface area contributed by atoms with Crippen LogP contribution in [0, 0.1) is 11.6 Å². The van der Waals surface area contributed by atoms with E-state index in [0.29, 0.717) is 10.6 Å². The molecule has 6 heteroatoms. The second kappa shape index (κ2) is 3.59. The van der Waals surface area contributed by atoms with Crippen molar-refractivity contribution in [2.24, 2.45) is 0 Å². The van der Waals surface area contributed by atoms with Gasteiger partial charge in [-0.05, 0) is 29.8 Å². The third-order valence-corrected chi connectivity index (χ3v) is 2.63. The maximum absolute atomic E-state index is 12.8. The minimum Gasteiger partial charge on any atom is -0.204 e. The molecule has 2 nitrogen and oxygen atoms in total. The molecule has 0 unspecified atom stereocenters. The number of benzene rings is 1. The molecule has 0 fully saturated rings. The van der Waals surface area contributed by atoms with Gasteiger partial charge in [0.05, 0.1) is 0 Å². The predicted octanol–water partition coefficient (Wildman–Crippen LogP) is 3.14. The van der Waals surface area contributed by atoms with Crippen LogP contribution in [0.2, 0.25) is 4.47 Å². The van der Waals surface area contributed by atoms with E-state index in [2.05, 4.69) is 10.2 Å². The lowest BCUT2D eigenvalue weighted by Crippen LogP contribution is -1.84. The summed E-state index contributed by atoms with van der Waals surface area (Å²) >= 11 is 6.67. The molecule has 0 N–H and O–H groups in total. The topological polar surface area (TPSA) is 25.8 Å². The molecule has 0 aliphatic heterocycles. The van der Waals surface area contributed by atoms with Gasteiger partial charge < -0.3 is 0 Å². The number of aromatic nitrogens is 2. The van der Waals surface area contributed by atoms with Gasteiger partial charge in [-0.25, -0.2) is 8.78 Å². The second-order valence-electron chi connectivity index (χ2n) is 2.49. The Kier molecular flexibility index (Phi) is 2.43. The SMILES string of the molecule is Fc1ccc(-c2nnc(Cl)s2)cc1F. The molecular weight excluding hydrogens is 230 g/mol. The lowest BCUT2D eigenvalue weighted by atomic mass is 10.2. The van der Waals surface area contributed by atoms with Gasteiger partial charge in [-0.2, -0.15) is 0 Å². The third-order valence-electron chi connectivity index (χ3n) is 1.57. The van der Waals surface area contributed by atoms with E-state index in [4.69, 9.17) is 11.6 Å². The molecule has 0 aliphatic carbocycles. The molecule has 0 radical (unpaired) electrons. The summed E-state index contributed by atoms with van der Waals surface area (Å²) in [4.78, 5) is 0. The zero-order valence-electron chi connectivity index (χ0n) is 6.67. The first-order valence-electron chi connectivity index (χ1n) is 3.61. The summed E-state index contributed by atoms with van der Waals surface area (Å²) in [6, 6.07) is 3.53. The van der Waals surface area contributed by atoms with Crippen molar-refractivity contribution >= 4 is 22.9 Å². The Morgan fingerprint density at radius 1 is 1.14 bits per heavy atom. The number of halogens is 3. The first kappa shape index (κ1) is 9.48. The van der Waals surface area contributed by atoms with Crippen molar-refractivity contribution in [3.63, 3.8) is 0 Å². The smallest absolute Gasteiger partial charge is 0.204 e. The lowest BCUT2D eigenvalue weighted by Gasteiger charge is -1.95. The van der Waals surface area contributed by atoms with Gasteiger partial charge in [-0.15, -0.1) is 10.2 Å². The van der Waals surface area contributed by atoms with Crippen LogP contribution in [0.15, 0.2) is 18.2 Å². The maximum Gasteiger partial charge on any atom is 0.207 e. The van der Waals surface area contributed by atoms with Crippen LogP contribution in [-0.4, -0.2) is 10.2 Å². The van der Waals surface area contributed by atoms with Gasteiger partial charge in [-0.3, -0.25) is 0 Å². The van der Waals surface area contributed by atoms with E-state index in [1.165, 1.54) is 6.07 Å².